The lowest BCUT2D eigenvalue weighted by atomic mass is 10.2. The summed E-state index contributed by atoms with van der Waals surface area (Å²) in [5.74, 6) is 0.780. The Morgan fingerprint density at radius 3 is 2.88 bits per heavy atom. The van der Waals surface area contributed by atoms with Crippen LogP contribution in [-0.4, -0.2) is 22.2 Å². The topological polar surface area (TPSA) is 29.9 Å². The molecular formula is C12H22ClN3. The number of nitrogens with zero attached hydrogens (tertiary/aromatic N) is 2. The summed E-state index contributed by atoms with van der Waals surface area (Å²) < 4.78 is 2.06. The zero-order valence-corrected chi connectivity index (χ0v) is 11.1. The van der Waals surface area contributed by atoms with Gasteiger partial charge in [-0.1, -0.05) is 6.42 Å². The number of hydrogen-bond donors (Lipinski definition) is 1. The largest absolute Gasteiger partial charge is 0.311 e. The van der Waals surface area contributed by atoms with E-state index in [-0.39, 0.29) is 0 Å². The van der Waals surface area contributed by atoms with Gasteiger partial charge in [-0.05, 0) is 39.3 Å². The second kappa shape index (κ2) is 7.69. The fourth-order valence-electron chi connectivity index (χ4n) is 1.75. The second-order valence-corrected chi connectivity index (χ2v) is 4.40. The van der Waals surface area contributed by atoms with Crippen molar-refractivity contribution in [2.75, 3.05) is 12.4 Å². The molecule has 92 valence electrons. The molecule has 1 N–H and O–H groups in total. The minimum Gasteiger partial charge on any atom is -0.311 e. The lowest BCUT2D eigenvalue weighted by Crippen LogP contribution is -2.17. The molecule has 0 saturated heterocycles. The van der Waals surface area contributed by atoms with Crippen molar-refractivity contribution in [3.05, 3.63) is 17.5 Å². The molecule has 0 aromatic carbocycles. The van der Waals surface area contributed by atoms with E-state index in [0.29, 0.717) is 0 Å². The molecule has 0 unspecified atom stereocenters. The van der Waals surface area contributed by atoms with Crippen LogP contribution in [0.15, 0.2) is 6.07 Å². The van der Waals surface area contributed by atoms with Crippen LogP contribution >= 0.6 is 11.6 Å². The van der Waals surface area contributed by atoms with Crippen molar-refractivity contribution in [1.82, 2.24) is 15.1 Å². The van der Waals surface area contributed by atoms with Crippen LogP contribution in [-0.2, 0) is 13.1 Å². The van der Waals surface area contributed by atoms with E-state index >= 15 is 0 Å². The molecule has 1 aromatic heterocycles. The molecule has 0 atom stereocenters. The molecule has 0 aliphatic carbocycles. The lowest BCUT2D eigenvalue weighted by Gasteiger charge is -2.06. The average molecular weight is 244 g/mol. The second-order valence-electron chi connectivity index (χ2n) is 4.02. The maximum Gasteiger partial charge on any atom is 0.0597 e. The van der Waals surface area contributed by atoms with Crippen LogP contribution in [0, 0.1) is 6.92 Å². The first-order valence-corrected chi connectivity index (χ1v) is 6.61. The number of unbranched alkanes of at least 4 members (excludes halogenated alkanes) is 2. The van der Waals surface area contributed by atoms with Gasteiger partial charge in [-0.25, -0.2) is 0 Å². The van der Waals surface area contributed by atoms with E-state index in [9.17, 15) is 0 Å². The normalized spacial score (nSPS) is 10.9. The zero-order valence-electron chi connectivity index (χ0n) is 10.3. The summed E-state index contributed by atoms with van der Waals surface area (Å²) in [7, 11) is 0. The van der Waals surface area contributed by atoms with Crippen LogP contribution in [0.4, 0.5) is 0 Å². The Morgan fingerprint density at radius 1 is 1.38 bits per heavy atom. The molecule has 0 aliphatic heterocycles. The third-order valence-corrected chi connectivity index (χ3v) is 2.85. The molecule has 1 rings (SSSR count). The number of rotatable bonds is 8. The summed E-state index contributed by atoms with van der Waals surface area (Å²) in [4.78, 5) is 0. The van der Waals surface area contributed by atoms with E-state index in [0.717, 1.165) is 37.6 Å². The summed E-state index contributed by atoms with van der Waals surface area (Å²) in [6.07, 6.45) is 3.53. The predicted molar refractivity (Wildman–Crippen MR) is 68.9 cm³/mol. The van der Waals surface area contributed by atoms with Crippen LogP contribution in [0.1, 0.15) is 37.6 Å². The van der Waals surface area contributed by atoms with Crippen molar-refractivity contribution in [2.24, 2.45) is 0 Å². The van der Waals surface area contributed by atoms with Gasteiger partial charge in [-0.3, -0.25) is 4.68 Å². The van der Waals surface area contributed by atoms with Gasteiger partial charge in [-0.2, -0.15) is 5.10 Å². The Kier molecular flexibility index (Phi) is 6.50. The fraction of sp³-hybridized carbons (Fsp3) is 0.750. The van der Waals surface area contributed by atoms with Crippen molar-refractivity contribution < 1.29 is 0 Å². The van der Waals surface area contributed by atoms with E-state index in [1.54, 1.807) is 0 Å². The predicted octanol–water partition coefficient (Wildman–Crippen LogP) is 2.71. The number of aromatic nitrogens is 2. The van der Waals surface area contributed by atoms with Crippen molar-refractivity contribution in [1.29, 1.82) is 0 Å². The molecule has 0 bridgehead atoms. The van der Waals surface area contributed by atoms with Crippen LogP contribution in [0.2, 0.25) is 0 Å². The van der Waals surface area contributed by atoms with Gasteiger partial charge in [0.1, 0.15) is 0 Å². The van der Waals surface area contributed by atoms with Crippen LogP contribution in [0.5, 0.6) is 0 Å². The van der Waals surface area contributed by atoms with Gasteiger partial charge < -0.3 is 5.32 Å². The Labute approximate surface area is 103 Å². The Balaban J connectivity index is 2.21. The first kappa shape index (κ1) is 13.5. The zero-order chi connectivity index (χ0) is 11.8. The van der Waals surface area contributed by atoms with E-state index in [2.05, 4.69) is 28.1 Å². The number of hydrogen-bond acceptors (Lipinski definition) is 2. The highest BCUT2D eigenvalue weighted by Crippen LogP contribution is 2.03. The van der Waals surface area contributed by atoms with E-state index < -0.39 is 0 Å². The standard InChI is InChI=1S/C12H22ClN3/c1-3-16-12(9-11(2)15-16)10-14-8-6-4-5-7-13/h9,14H,3-8,10H2,1-2H3. The van der Waals surface area contributed by atoms with Gasteiger partial charge in [0.2, 0.25) is 0 Å². The lowest BCUT2D eigenvalue weighted by molar-refractivity contribution is 0.563. The average Bonchev–Trinajstić information content (AvgIpc) is 2.64. The number of halogens is 1. The fourth-order valence-corrected chi connectivity index (χ4v) is 1.94. The third kappa shape index (κ3) is 4.54. The van der Waals surface area contributed by atoms with Crippen molar-refractivity contribution >= 4 is 11.6 Å². The van der Waals surface area contributed by atoms with Crippen LogP contribution in [0.25, 0.3) is 0 Å². The summed E-state index contributed by atoms with van der Waals surface area (Å²) in [6.45, 7) is 7.07. The minimum absolute atomic E-state index is 0.780. The van der Waals surface area contributed by atoms with Gasteiger partial charge in [0.15, 0.2) is 0 Å². The molecule has 4 heteroatoms. The van der Waals surface area contributed by atoms with Gasteiger partial charge in [-0.15, -0.1) is 11.6 Å². The highest BCUT2D eigenvalue weighted by molar-refractivity contribution is 6.17. The molecule has 0 spiro atoms. The molecule has 0 aliphatic rings. The summed E-state index contributed by atoms with van der Waals surface area (Å²) >= 11 is 5.62. The first-order valence-electron chi connectivity index (χ1n) is 6.08. The van der Waals surface area contributed by atoms with Gasteiger partial charge >= 0.3 is 0 Å². The summed E-state index contributed by atoms with van der Waals surface area (Å²) in [6, 6.07) is 2.15. The highest BCUT2D eigenvalue weighted by atomic mass is 35.5. The smallest absolute Gasteiger partial charge is 0.0597 e. The monoisotopic (exact) mass is 243 g/mol. The summed E-state index contributed by atoms with van der Waals surface area (Å²) in [5, 5.41) is 7.86. The molecule has 16 heavy (non-hydrogen) atoms. The molecule has 0 fully saturated rings. The molecule has 0 amide bonds. The van der Waals surface area contributed by atoms with Gasteiger partial charge in [0, 0.05) is 19.0 Å². The van der Waals surface area contributed by atoms with E-state index in [1.165, 1.54) is 18.5 Å². The van der Waals surface area contributed by atoms with Crippen LogP contribution < -0.4 is 5.32 Å². The number of aryl methyl sites for hydroxylation is 2. The first-order chi connectivity index (χ1) is 7.77. The van der Waals surface area contributed by atoms with Gasteiger partial charge in [0.25, 0.3) is 0 Å². The van der Waals surface area contributed by atoms with E-state index in [1.807, 2.05) is 6.92 Å². The quantitative estimate of drug-likeness (QED) is 0.562. The van der Waals surface area contributed by atoms with Gasteiger partial charge in [0.05, 0.1) is 11.4 Å². The molecule has 1 aromatic rings. The SMILES string of the molecule is CCn1nc(C)cc1CNCCCCCCl. The molecule has 0 saturated carbocycles. The van der Waals surface area contributed by atoms with Crippen molar-refractivity contribution in [3.63, 3.8) is 0 Å². The Bertz CT molecular complexity index is 296. The maximum atomic E-state index is 5.62. The van der Waals surface area contributed by atoms with Crippen molar-refractivity contribution in [3.8, 4) is 0 Å². The number of alkyl halides is 1. The number of nitrogens with one attached hydrogen (secondary N) is 1. The Hall–Kier alpha value is -0.540. The van der Waals surface area contributed by atoms with Crippen molar-refractivity contribution in [2.45, 2.75) is 46.2 Å². The molecular weight excluding hydrogens is 222 g/mol. The highest BCUT2D eigenvalue weighted by Gasteiger charge is 2.02. The van der Waals surface area contributed by atoms with E-state index in [4.69, 9.17) is 11.6 Å². The van der Waals surface area contributed by atoms with Crippen LogP contribution in [0.3, 0.4) is 0 Å². The molecule has 0 radical (unpaired) electrons. The third-order valence-electron chi connectivity index (χ3n) is 2.58. The maximum absolute atomic E-state index is 5.62. The minimum atomic E-state index is 0.780. The summed E-state index contributed by atoms with van der Waals surface area (Å²) in [5.41, 5.74) is 2.37. The Morgan fingerprint density at radius 2 is 2.19 bits per heavy atom. The molecule has 1 heterocycles. The molecule has 3 nitrogen and oxygen atoms in total.